The molecule has 5 rings (SSSR count). The van der Waals surface area contributed by atoms with Gasteiger partial charge in [0.15, 0.2) is 16.3 Å². The third-order valence-corrected chi connectivity index (χ3v) is 8.18. The number of fused-ring (bicyclic) bond motifs is 1. The molecule has 0 spiro atoms. The zero-order chi connectivity index (χ0) is 33.7. The Hall–Kier alpha value is -5.23. The number of non-ortho nitro benzene ring substituents is 1. The molecule has 12 heteroatoms. The third kappa shape index (κ3) is 7.28. The van der Waals surface area contributed by atoms with E-state index in [4.69, 9.17) is 18.9 Å². The number of nitrogens with zero attached hydrogens (tertiary/aromatic N) is 3. The predicted molar refractivity (Wildman–Crippen MR) is 178 cm³/mol. The van der Waals surface area contributed by atoms with Crippen molar-refractivity contribution in [2.75, 3.05) is 13.2 Å². The monoisotopic (exact) mass is 657 g/mol. The van der Waals surface area contributed by atoms with Crippen LogP contribution >= 0.6 is 11.3 Å². The molecule has 0 saturated heterocycles. The van der Waals surface area contributed by atoms with Crippen molar-refractivity contribution in [2.45, 2.75) is 53.4 Å². The van der Waals surface area contributed by atoms with Gasteiger partial charge < -0.3 is 18.9 Å². The first-order valence-electron chi connectivity index (χ1n) is 15.2. The van der Waals surface area contributed by atoms with Gasteiger partial charge in [0, 0.05) is 17.7 Å². The molecule has 2 heterocycles. The second kappa shape index (κ2) is 14.5. The van der Waals surface area contributed by atoms with Crippen LogP contribution in [0.4, 0.5) is 5.69 Å². The molecule has 0 unspecified atom stereocenters. The number of carbonyl (C=O) groups is 1. The average molecular weight is 658 g/mol. The smallest absolute Gasteiger partial charge is 0.338 e. The van der Waals surface area contributed by atoms with E-state index in [0.29, 0.717) is 50.0 Å². The van der Waals surface area contributed by atoms with Crippen LogP contribution in [-0.4, -0.2) is 34.8 Å². The number of aromatic nitrogens is 1. The van der Waals surface area contributed by atoms with Gasteiger partial charge >= 0.3 is 5.97 Å². The zero-order valence-corrected chi connectivity index (χ0v) is 27.5. The van der Waals surface area contributed by atoms with Crippen molar-refractivity contribution in [3.05, 3.63) is 124 Å². The first-order chi connectivity index (χ1) is 22.6. The molecule has 1 atom stereocenters. The molecule has 0 bridgehead atoms. The highest BCUT2D eigenvalue weighted by atomic mass is 32.1. The minimum atomic E-state index is -0.809. The summed E-state index contributed by atoms with van der Waals surface area (Å²) in [6, 6.07) is 18.0. The topological polar surface area (TPSA) is 131 Å². The summed E-state index contributed by atoms with van der Waals surface area (Å²) >= 11 is 1.22. The van der Waals surface area contributed by atoms with Crippen LogP contribution in [0.3, 0.4) is 0 Å². The van der Waals surface area contributed by atoms with Crippen LogP contribution in [0.15, 0.2) is 87.8 Å². The van der Waals surface area contributed by atoms with E-state index in [2.05, 4.69) is 4.99 Å². The van der Waals surface area contributed by atoms with Crippen molar-refractivity contribution in [2.24, 2.45) is 4.99 Å². The molecule has 4 aromatic rings. The van der Waals surface area contributed by atoms with Gasteiger partial charge in [-0.25, -0.2) is 9.79 Å². The predicted octanol–water partition coefficient (Wildman–Crippen LogP) is 5.47. The fourth-order valence-corrected chi connectivity index (χ4v) is 6.23. The summed E-state index contributed by atoms with van der Waals surface area (Å²) in [7, 11) is 0. The van der Waals surface area contributed by atoms with E-state index in [-0.39, 0.29) is 36.1 Å². The van der Waals surface area contributed by atoms with Crippen LogP contribution in [0.25, 0.3) is 6.08 Å². The molecule has 1 aliphatic heterocycles. The molecule has 0 amide bonds. The van der Waals surface area contributed by atoms with Gasteiger partial charge in [0.05, 0.1) is 40.0 Å². The number of benzene rings is 3. The Labute approximate surface area is 275 Å². The number of carbonyl (C=O) groups excluding carboxylic acids is 1. The van der Waals surface area contributed by atoms with Crippen LogP contribution in [0.5, 0.6) is 17.2 Å². The Balaban J connectivity index is 1.55. The highest BCUT2D eigenvalue weighted by molar-refractivity contribution is 7.07. The first kappa shape index (κ1) is 33.1. The molecule has 1 aliphatic rings. The maximum Gasteiger partial charge on any atom is 0.338 e. The van der Waals surface area contributed by atoms with Gasteiger partial charge in [-0.1, -0.05) is 35.6 Å². The summed E-state index contributed by atoms with van der Waals surface area (Å²) in [6.07, 6.45) is 1.62. The van der Waals surface area contributed by atoms with E-state index in [0.717, 1.165) is 5.56 Å². The van der Waals surface area contributed by atoms with Crippen molar-refractivity contribution in [1.82, 2.24) is 4.57 Å². The summed E-state index contributed by atoms with van der Waals surface area (Å²) in [5.74, 6) is 0.983. The number of nitro groups is 1. The quantitative estimate of drug-likeness (QED) is 0.111. The minimum absolute atomic E-state index is 0.00471. The second-order valence-corrected chi connectivity index (χ2v) is 11.9. The normalized spacial score (nSPS) is 14.4. The van der Waals surface area contributed by atoms with Crippen molar-refractivity contribution in [3.63, 3.8) is 0 Å². The van der Waals surface area contributed by atoms with Crippen molar-refractivity contribution >= 4 is 29.1 Å². The van der Waals surface area contributed by atoms with Crippen LogP contribution < -0.4 is 29.1 Å². The van der Waals surface area contributed by atoms with Gasteiger partial charge in [0.2, 0.25) is 0 Å². The molecule has 244 valence electrons. The van der Waals surface area contributed by atoms with Crippen LogP contribution in [-0.2, 0) is 16.1 Å². The number of rotatable bonds is 12. The molecule has 0 fully saturated rings. The van der Waals surface area contributed by atoms with E-state index >= 15 is 0 Å². The molecule has 0 saturated carbocycles. The molecule has 1 aromatic heterocycles. The van der Waals surface area contributed by atoms with Gasteiger partial charge in [0.1, 0.15) is 18.4 Å². The SMILES string of the molecule is CCOC(=O)C1=C(C)N=c2s/c(=C/c3ccc(OCc4ccc([N+](=O)[O-])cc4)c(OCC)c3)c(=O)n2[C@H]1c1ccccc1OC(C)C. The van der Waals surface area contributed by atoms with Gasteiger partial charge in [-0.05, 0) is 82.2 Å². The van der Waals surface area contributed by atoms with E-state index in [1.807, 2.05) is 51.1 Å². The fourth-order valence-electron chi connectivity index (χ4n) is 5.18. The maximum absolute atomic E-state index is 14.1. The number of allylic oxidation sites excluding steroid dienone is 1. The number of para-hydroxylation sites is 1. The van der Waals surface area contributed by atoms with E-state index in [1.54, 1.807) is 44.2 Å². The maximum atomic E-state index is 14.1. The first-order valence-corrected chi connectivity index (χ1v) is 16.0. The van der Waals surface area contributed by atoms with Gasteiger partial charge in [-0.3, -0.25) is 19.5 Å². The Morgan fingerprint density at radius 1 is 1.02 bits per heavy atom. The fraction of sp³-hybridized carbons (Fsp3) is 0.286. The largest absolute Gasteiger partial charge is 0.491 e. The summed E-state index contributed by atoms with van der Waals surface area (Å²) < 4.78 is 25.3. The van der Waals surface area contributed by atoms with Crippen molar-refractivity contribution in [1.29, 1.82) is 0 Å². The van der Waals surface area contributed by atoms with E-state index < -0.39 is 16.9 Å². The number of hydrogen-bond acceptors (Lipinski definition) is 10. The minimum Gasteiger partial charge on any atom is -0.491 e. The Morgan fingerprint density at radius 3 is 2.45 bits per heavy atom. The Bertz CT molecular complexity index is 2010. The van der Waals surface area contributed by atoms with E-state index in [9.17, 15) is 19.7 Å². The third-order valence-electron chi connectivity index (χ3n) is 7.20. The Morgan fingerprint density at radius 2 is 1.77 bits per heavy atom. The molecular weight excluding hydrogens is 622 g/mol. The van der Waals surface area contributed by atoms with E-state index in [1.165, 1.54) is 28.0 Å². The molecule has 47 heavy (non-hydrogen) atoms. The van der Waals surface area contributed by atoms with Crippen molar-refractivity contribution in [3.8, 4) is 17.2 Å². The van der Waals surface area contributed by atoms with Gasteiger partial charge in [-0.15, -0.1) is 0 Å². The van der Waals surface area contributed by atoms with Crippen LogP contribution in [0.2, 0.25) is 0 Å². The number of ether oxygens (including phenoxy) is 4. The highest BCUT2D eigenvalue weighted by Gasteiger charge is 2.35. The standard InChI is InChI=1S/C35H35N3O8S/c1-6-43-29-18-24(14-17-28(29)45-20-23-12-15-25(16-13-23)38(41)42)19-30-33(39)37-32(26-10-8-9-11-27(26)46-21(3)4)31(34(40)44-7-2)22(5)36-35(37)47-30/h8-19,21,32H,6-7,20H2,1-5H3/b30-19+/t32-/m0/s1. The summed E-state index contributed by atoms with van der Waals surface area (Å²) in [6.45, 7) is 9.90. The van der Waals surface area contributed by atoms with Crippen LogP contribution in [0.1, 0.15) is 57.4 Å². The molecule has 0 aliphatic carbocycles. The van der Waals surface area contributed by atoms with Crippen molar-refractivity contribution < 1.29 is 28.7 Å². The molecule has 11 nitrogen and oxygen atoms in total. The van der Waals surface area contributed by atoms with Gasteiger partial charge in [0.25, 0.3) is 11.2 Å². The lowest BCUT2D eigenvalue weighted by Gasteiger charge is -2.26. The summed E-state index contributed by atoms with van der Waals surface area (Å²) in [5, 5.41) is 11.0. The van der Waals surface area contributed by atoms with Crippen LogP contribution in [0, 0.1) is 10.1 Å². The molecule has 0 N–H and O–H groups in total. The molecular formula is C35H35N3O8S. The zero-order valence-electron chi connectivity index (χ0n) is 26.7. The number of hydrogen-bond donors (Lipinski definition) is 0. The number of esters is 1. The van der Waals surface area contributed by atoms with Gasteiger partial charge in [-0.2, -0.15) is 0 Å². The lowest BCUT2D eigenvalue weighted by atomic mass is 9.95. The number of nitro benzene ring substituents is 1. The Kier molecular flexibility index (Phi) is 10.2. The molecule has 3 aromatic carbocycles. The lowest BCUT2D eigenvalue weighted by molar-refractivity contribution is -0.384. The second-order valence-electron chi connectivity index (χ2n) is 10.9. The average Bonchev–Trinajstić information content (AvgIpc) is 3.34. The summed E-state index contributed by atoms with van der Waals surface area (Å²) in [5.41, 5.74) is 2.54. The molecule has 0 radical (unpaired) electrons. The number of thiazole rings is 1. The lowest BCUT2D eigenvalue weighted by Crippen LogP contribution is -2.40. The highest BCUT2D eigenvalue weighted by Crippen LogP contribution is 2.36. The summed E-state index contributed by atoms with van der Waals surface area (Å²) in [4.78, 5) is 43.1.